The molecule has 1 rings (SSSR count). The summed E-state index contributed by atoms with van der Waals surface area (Å²) in [6, 6.07) is 3.60. The molecule has 0 heterocycles. The van der Waals surface area contributed by atoms with Gasteiger partial charge in [-0.2, -0.15) is 0 Å². The molecule has 3 nitrogen and oxygen atoms in total. The first kappa shape index (κ1) is 16.1. The zero-order chi connectivity index (χ0) is 15.0. The fourth-order valence-corrected chi connectivity index (χ4v) is 2.56. The van der Waals surface area contributed by atoms with Crippen molar-refractivity contribution in [3.05, 3.63) is 28.8 Å². The van der Waals surface area contributed by atoms with Crippen LogP contribution < -0.4 is 4.89 Å². The van der Waals surface area contributed by atoms with E-state index in [9.17, 15) is 14.6 Å². The predicted octanol–water partition coefficient (Wildman–Crippen LogP) is 3.59. The monoisotopic (exact) mass is 282 g/mol. The molecule has 4 heteroatoms. The zero-order valence-electron chi connectivity index (χ0n) is 12.6. The largest absolute Gasteiger partial charge is 0.595 e. The van der Waals surface area contributed by atoms with Crippen molar-refractivity contribution in [2.75, 3.05) is 0 Å². The Balaban J connectivity index is 3.52. The average Bonchev–Trinajstić information content (AvgIpc) is 2.16. The van der Waals surface area contributed by atoms with Gasteiger partial charge < -0.3 is 10.00 Å². The highest BCUT2D eigenvalue weighted by Crippen LogP contribution is 2.40. The molecule has 1 aromatic rings. The van der Waals surface area contributed by atoms with Gasteiger partial charge in [0.05, 0.1) is 0 Å². The van der Waals surface area contributed by atoms with Crippen molar-refractivity contribution in [3.8, 4) is 5.75 Å². The maximum absolute atomic E-state index is 11.0. The quantitative estimate of drug-likeness (QED) is 0.843. The molecular formula is C15H23O3P. The molecular weight excluding hydrogens is 259 g/mol. The summed E-state index contributed by atoms with van der Waals surface area (Å²) >= 11 is 0. The number of aromatic hydroxyl groups is 1. The SMILES string of the molecule is CC(C)(C)c1cc(C[P+](=O)[O-])cc(C(C)(C)C)c1O. The fourth-order valence-electron chi connectivity index (χ4n) is 2.08. The maximum atomic E-state index is 11.0. The molecule has 1 aromatic carbocycles. The summed E-state index contributed by atoms with van der Waals surface area (Å²) < 4.78 is 11.0. The average molecular weight is 282 g/mol. The molecule has 0 saturated carbocycles. The first-order valence-corrected chi connectivity index (χ1v) is 7.78. The highest BCUT2D eigenvalue weighted by atomic mass is 31.1. The van der Waals surface area contributed by atoms with Crippen molar-refractivity contribution in [1.29, 1.82) is 0 Å². The Hall–Kier alpha value is -0.920. The Kier molecular flexibility index (Phi) is 4.44. The van der Waals surface area contributed by atoms with Crippen molar-refractivity contribution < 1.29 is 14.6 Å². The summed E-state index contributed by atoms with van der Waals surface area (Å²) in [5, 5.41) is 10.5. The molecule has 19 heavy (non-hydrogen) atoms. The van der Waals surface area contributed by atoms with Gasteiger partial charge in [0.2, 0.25) is 0 Å². The van der Waals surface area contributed by atoms with Gasteiger partial charge in [-0.25, -0.2) is 0 Å². The summed E-state index contributed by atoms with van der Waals surface area (Å²) in [4.78, 5) is 11.0. The highest BCUT2D eigenvalue weighted by molar-refractivity contribution is 7.35. The minimum atomic E-state index is -2.46. The molecule has 0 aliphatic rings. The molecule has 0 aromatic heterocycles. The molecule has 0 radical (unpaired) electrons. The van der Waals surface area contributed by atoms with E-state index in [1.807, 2.05) is 41.5 Å². The van der Waals surface area contributed by atoms with E-state index in [2.05, 4.69) is 0 Å². The van der Waals surface area contributed by atoms with Crippen LogP contribution in [0.2, 0.25) is 0 Å². The highest BCUT2D eigenvalue weighted by Gasteiger charge is 2.27. The first-order valence-electron chi connectivity index (χ1n) is 6.41. The second-order valence-corrected chi connectivity index (χ2v) is 8.01. The summed E-state index contributed by atoms with van der Waals surface area (Å²) in [6.45, 7) is 12.1. The molecule has 1 N–H and O–H groups in total. The van der Waals surface area contributed by atoms with Crippen LogP contribution in [-0.4, -0.2) is 5.11 Å². The molecule has 1 unspecified atom stereocenters. The van der Waals surface area contributed by atoms with Crippen LogP contribution >= 0.6 is 8.03 Å². The Bertz CT molecular complexity index is 458. The topological polar surface area (TPSA) is 60.4 Å². The van der Waals surface area contributed by atoms with Crippen LogP contribution in [0.5, 0.6) is 5.75 Å². The van der Waals surface area contributed by atoms with Crippen LogP contribution in [-0.2, 0) is 21.6 Å². The lowest BCUT2D eigenvalue weighted by molar-refractivity contribution is -0.164. The van der Waals surface area contributed by atoms with Crippen molar-refractivity contribution in [3.63, 3.8) is 0 Å². The normalized spacial score (nSPS) is 13.5. The number of hydrogen-bond acceptors (Lipinski definition) is 3. The van der Waals surface area contributed by atoms with Crippen LogP contribution in [0.4, 0.5) is 0 Å². The lowest BCUT2D eigenvalue weighted by Gasteiger charge is -2.27. The van der Waals surface area contributed by atoms with Gasteiger partial charge in [-0.1, -0.05) is 46.1 Å². The van der Waals surface area contributed by atoms with Crippen LogP contribution in [0.3, 0.4) is 0 Å². The van der Waals surface area contributed by atoms with Gasteiger partial charge in [0.15, 0.2) is 6.16 Å². The van der Waals surface area contributed by atoms with Gasteiger partial charge in [-0.3, -0.25) is 0 Å². The van der Waals surface area contributed by atoms with Crippen molar-refractivity contribution in [2.45, 2.75) is 58.5 Å². The number of phenols is 1. The Morgan fingerprint density at radius 1 is 1.05 bits per heavy atom. The van der Waals surface area contributed by atoms with E-state index in [1.165, 1.54) is 0 Å². The third-order valence-electron chi connectivity index (χ3n) is 3.10. The molecule has 0 aliphatic carbocycles. The van der Waals surface area contributed by atoms with E-state index in [0.29, 0.717) is 0 Å². The summed E-state index contributed by atoms with van der Waals surface area (Å²) in [7, 11) is -2.46. The van der Waals surface area contributed by atoms with Crippen molar-refractivity contribution >= 4 is 8.03 Å². The number of benzene rings is 1. The second-order valence-electron chi connectivity index (χ2n) is 7.03. The number of phenolic OH excluding ortho intramolecular Hbond substituents is 1. The van der Waals surface area contributed by atoms with Crippen molar-refractivity contribution in [2.24, 2.45) is 0 Å². The minimum Gasteiger partial charge on any atom is -0.595 e. The van der Waals surface area contributed by atoms with E-state index in [-0.39, 0.29) is 22.7 Å². The van der Waals surface area contributed by atoms with Gasteiger partial charge in [-0.15, -0.1) is 0 Å². The van der Waals surface area contributed by atoms with Crippen LogP contribution in [0.1, 0.15) is 58.2 Å². The minimum absolute atomic E-state index is 0.0156. The van der Waals surface area contributed by atoms with Crippen LogP contribution in [0.25, 0.3) is 0 Å². The van der Waals surface area contributed by atoms with Gasteiger partial charge >= 0.3 is 8.03 Å². The number of rotatable bonds is 2. The van der Waals surface area contributed by atoms with E-state index >= 15 is 0 Å². The van der Waals surface area contributed by atoms with Crippen molar-refractivity contribution in [1.82, 2.24) is 0 Å². The van der Waals surface area contributed by atoms with E-state index < -0.39 is 8.03 Å². The summed E-state index contributed by atoms with van der Waals surface area (Å²) in [5.74, 6) is 0.282. The maximum Gasteiger partial charge on any atom is 0.313 e. The molecule has 0 bridgehead atoms. The Labute approximate surface area is 116 Å². The summed E-state index contributed by atoms with van der Waals surface area (Å²) in [6.07, 6.45) is 0.0156. The molecule has 1 atom stereocenters. The fraction of sp³-hybridized carbons (Fsp3) is 0.600. The summed E-state index contributed by atoms with van der Waals surface area (Å²) in [5.41, 5.74) is 1.88. The smallest absolute Gasteiger partial charge is 0.313 e. The van der Waals surface area contributed by atoms with Crippen LogP contribution in [0.15, 0.2) is 12.1 Å². The predicted molar refractivity (Wildman–Crippen MR) is 76.8 cm³/mol. The third kappa shape index (κ3) is 4.02. The van der Waals surface area contributed by atoms with Crippen LogP contribution in [0, 0.1) is 0 Å². The van der Waals surface area contributed by atoms with Gasteiger partial charge in [-0.05, 0) is 34.1 Å². The van der Waals surface area contributed by atoms with E-state index in [4.69, 9.17) is 0 Å². The second kappa shape index (κ2) is 5.22. The molecule has 0 fully saturated rings. The third-order valence-corrected chi connectivity index (χ3v) is 3.72. The number of hydrogen-bond donors (Lipinski definition) is 1. The molecule has 0 spiro atoms. The van der Waals surface area contributed by atoms with Gasteiger partial charge in [0.25, 0.3) is 0 Å². The molecule has 106 valence electrons. The van der Waals surface area contributed by atoms with Gasteiger partial charge in [0.1, 0.15) is 5.75 Å². The molecule has 0 aliphatic heterocycles. The zero-order valence-corrected chi connectivity index (χ0v) is 13.5. The Morgan fingerprint density at radius 3 is 1.68 bits per heavy atom. The first-order chi connectivity index (χ1) is 8.43. The molecule has 0 saturated heterocycles. The van der Waals surface area contributed by atoms with E-state index in [1.54, 1.807) is 12.1 Å². The standard InChI is InChI=1S/C15H23O3P/c1-14(2,3)11-7-10(9-19(17)18)8-12(13(11)16)15(4,5)6/h7-8,16H,9H2,1-6H3. The van der Waals surface area contributed by atoms with E-state index in [0.717, 1.165) is 16.7 Å². The van der Waals surface area contributed by atoms with Gasteiger partial charge in [0, 0.05) is 5.56 Å². The molecule has 0 amide bonds. The Morgan fingerprint density at radius 2 is 1.42 bits per heavy atom. The lowest BCUT2D eigenvalue weighted by atomic mass is 9.78. The lowest BCUT2D eigenvalue weighted by Crippen LogP contribution is -2.17.